The van der Waals surface area contributed by atoms with E-state index in [-0.39, 0.29) is 0 Å². The van der Waals surface area contributed by atoms with Crippen LogP contribution in [-0.4, -0.2) is 25.7 Å². The van der Waals surface area contributed by atoms with Gasteiger partial charge < -0.3 is 10.1 Å². The summed E-state index contributed by atoms with van der Waals surface area (Å²) in [5, 5.41) is 3.15. The number of nitrogens with two attached hydrogens (primary N) is 1. The summed E-state index contributed by atoms with van der Waals surface area (Å²) in [5.74, 6) is 6.93. The number of benzene rings is 1. The molecule has 0 spiro atoms. The second-order valence-corrected chi connectivity index (χ2v) is 4.17. The van der Waals surface area contributed by atoms with Crippen LogP contribution in [0.15, 0.2) is 35.3 Å². The van der Waals surface area contributed by atoms with Crippen LogP contribution < -0.4 is 21.3 Å². The number of aliphatic imine (C=N–C) groups is 1. The number of hydrazine groups is 1. The van der Waals surface area contributed by atoms with E-state index in [1.54, 1.807) is 0 Å². The van der Waals surface area contributed by atoms with Gasteiger partial charge in [0.25, 0.3) is 0 Å². The summed E-state index contributed by atoms with van der Waals surface area (Å²) in [6.07, 6.45) is 3.11. The van der Waals surface area contributed by atoms with E-state index in [0.29, 0.717) is 19.1 Å². The molecule has 0 saturated heterocycles. The lowest BCUT2D eigenvalue weighted by Crippen LogP contribution is -2.42. The van der Waals surface area contributed by atoms with Crippen molar-refractivity contribution in [1.29, 1.82) is 0 Å². The van der Waals surface area contributed by atoms with Crippen LogP contribution in [-0.2, 0) is 0 Å². The Labute approximate surface area is 115 Å². The minimum absolute atomic E-state index is 0.646. The lowest BCUT2D eigenvalue weighted by atomic mass is 10.3. The summed E-state index contributed by atoms with van der Waals surface area (Å²) in [6, 6.07) is 9.78. The van der Waals surface area contributed by atoms with Gasteiger partial charge in [-0.05, 0) is 18.6 Å². The number of ether oxygens (including phenoxy) is 1. The predicted octanol–water partition coefficient (Wildman–Crippen LogP) is 1.66. The Morgan fingerprint density at radius 2 is 2.05 bits per heavy atom. The van der Waals surface area contributed by atoms with Gasteiger partial charge in [-0.15, -0.1) is 0 Å². The highest BCUT2D eigenvalue weighted by atomic mass is 16.5. The molecule has 0 saturated carbocycles. The molecule has 5 heteroatoms. The summed E-state index contributed by atoms with van der Waals surface area (Å²) in [4.78, 5) is 4.33. The largest absolute Gasteiger partial charge is 0.494 e. The Balaban J connectivity index is 2.13. The topological polar surface area (TPSA) is 71.7 Å². The Bertz CT molecular complexity index is 354. The summed E-state index contributed by atoms with van der Waals surface area (Å²) in [7, 11) is 0. The van der Waals surface area contributed by atoms with Gasteiger partial charge in [0, 0.05) is 19.5 Å². The first-order chi connectivity index (χ1) is 9.36. The average Bonchev–Trinajstić information content (AvgIpc) is 2.46. The van der Waals surface area contributed by atoms with E-state index in [1.165, 1.54) is 0 Å². The summed E-state index contributed by atoms with van der Waals surface area (Å²) in [6.45, 7) is 4.38. The summed E-state index contributed by atoms with van der Waals surface area (Å²) < 4.78 is 5.58. The van der Waals surface area contributed by atoms with Crippen molar-refractivity contribution in [3.05, 3.63) is 30.3 Å². The zero-order valence-electron chi connectivity index (χ0n) is 11.6. The number of para-hydroxylation sites is 1. The third-order valence-corrected chi connectivity index (χ3v) is 2.54. The highest BCUT2D eigenvalue weighted by molar-refractivity contribution is 5.79. The van der Waals surface area contributed by atoms with Crippen LogP contribution in [0.3, 0.4) is 0 Å². The molecule has 0 atom stereocenters. The first-order valence-corrected chi connectivity index (χ1v) is 6.79. The van der Waals surface area contributed by atoms with Crippen molar-refractivity contribution in [3.8, 4) is 5.75 Å². The molecule has 0 heterocycles. The fraction of sp³-hybridized carbons (Fsp3) is 0.500. The van der Waals surface area contributed by atoms with E-state index in [2.05, 4.69) is 22.7 Å². The van der Waals surface area contributed by atoms with Crippen molar-refractivity contribution in [3.63, 3.8) is 0 Å². The number of guanidine groups is 1. The predicted molar refractivity (Wildman–Crippen MR) is 79.1 cm³/mol. The molecule has 4 N–H and O–H groups in total. The van der Waals surface area contributed by atoms with Crippen molar-refractivity contribution >= 4 is 5.96 Å². The third-order valence-electron chi connectivity index (χ3n) is 2.54. The molecule has 0 aliphatic carbocycles. The van der Waals surface area contributed by atoms with Gasteiger partial charge in [-0.2, -0.15) is 0 Å². The van der Waals surface area contributed by atoms with Gasteiger partial charge in [0.2, 0.25) is 5.96 Å². The molecule has 19 heavy (non-hydrogen) atoms. The van der Waals surface area contributed by atoms with Crippen LogP contribution in [0.1, 0.15) is 26.2 Å². The zero-order chi connectivity index (χ0) is 13.8. The van der Waals surface area contributed by atoms with Crippen molar-refractivity contribution in [2.45, 2.75) is 26.2 Å². The molecule has 1 rings (SSSR count). The molecule has 0 aromatic heterocycles. The van der Waals surface area contributed by atoms with E-state index < -0.39 is 0 Å². The van der Waals surface area contributed by atoms with E-state index in [9.17, 15) is 0 Å². The van der Waals surface area contributed by atoms with Gasteiger partial charge in [0.1, 0.15) is 5.75 Å². The fourth-order valence-corrected chi connectivity index (χ4v) is 1.50. The van der Waals surface area contributed by atoms with E-state index >= 15 is 0 Å². The standard InChI is InChI=1S/C14H24N4O/c1-2-3-10-16-14(18-15)17-11-7-12-19-13-8-5-4-6-9-13/h4-6,8-9H,2-3,7,10-12,15H2,1H3,(H2,16,17,18). The molecule has 0 bridgehead atoms. The van der Waals surface area contributed by atoms with Crippen LogP contribution in [0.5, 0.6) is 5.75 Å². The highest BCUT2D eigenvalue weighted by Gasteiger charge is 1.95. The first-order valence-electron chi connectivity index (χ1n) is 6.79. The minimum Gasteiger partial charge on any atom is -0.494 e. The molecule has 0 amide bonds. The zero-order valence-corrected chi connectivity index (χ0v) is 11.6. The maximum atomic E-state index is 5.58. The number of hydrogen-bond acceptors (Lipinski definition) is 3. The van der Waals surface area contributed by atoms with Gasteiger partial charge in [-0.3, -0.25) is 10.4 Å². The smallest absolute Gasteiger partial charge is 0.205 e. The normalized spacial score (nSPS) is 11.2. The van der Waals surface area contributed by atoms with Crippen LogP contribution in [0.25, 0.3) is 0 Å². The van der Waals surface area contributed by atoms with Crippen LogP contribution in [0, 0.1) is 0 Å². The van der Waals surface area contributed by atoms with Crippen molar-refractivity contribution in [2.24, 2.45) is 10.8 Å². The van der Waals surface area contributed by atoms with Crippen LogP contribution >= 0.6 is 0 Å². The molecular formula is C14H24N4O. The number of nitrogens with one attached hydrogen (secondary N) is 2. The molecule has 0 fully saturated rings. The quantitative estimate of drug-likeness (QED) is 0.219. The van der Waals surface area contributed by atoms with Gasteiger partial charge in [-0.25, -0.2) is 5.84 Å². The average molecular weight is 264 g/mol. The second-order valence-electron chi connectivity index (χ2n) is 4.17. The van der Waals surface area contributed by atoms with Gasteiger partial charge in [0.15, 0.2) is 0 Å². The molecule has 0 aliphatic heterocycles. The number of unbranched alkanes of at least 4 members (excludes halogenated alkanes) is 1. The molecule has 106 valence electrons. The monoisotopic (exact) mass is 264 g/mol. The highest BCUT2D eigenvalue weighted by Crippen LogP contribution is 2.08. The van der Waals surface area contributed by atoms with Crippen molar-refractivity contribution in [2.75, 3.05) is 19.7 Å². The SMILES string of the molecule is CCCCNC(=NCCCOc1ccccc1)NN. The van der Waals surface area contributed by atoms with Crippen molar-refractivity contribution in [1.82, 2.24) is 10.7 Å². The van der Waals surface area contributed by atoms with E-state index in [1.807, 2.05) is 30.3 Å². The number of hydrogen-bond donors (Lipinski definition) is 3. The Morgan fingerprint density at radius 3 is 2.74 bits per heavy atom. The Hall–Kier alpha value is -1.75. The molecular weight excluding hydrogens is 240 g/mol. The lowest BCUT2D eigenvalue weighted by molar-refractivity contribution is 0.313. The fourth-order valence-electron chi connectivity index (χ4n) is 1.50. The number of nitrogens with zero attached hydrogens (tertiary/aromatic N) is 1. The summed E-state index contributed by atoms with van der Waals surface area (Å²) >= 11 is 0. The first kappa shape index (κ1) is 15.3. The maximum Gasteiger partial charge on any atom is 0.205 e. The third kappa shape index (κ3) is 7.31. The minimum atomic E-state index is 0.646. The van der Waals surface area contributed by atoms with Gasteiger partial charge in [0.05, 0.1) is 6.61 Å². The maximum absolute atomic E-state index is 5.58. The molecule has 0 aliphatic rings. The molecule has 0 unspecified atom stereocenters. The molecule has 1 aromatic rings. The Kier molecular flexibility index (Phi) is 8.22. The van der Waals surface area contributed by atoms with Crippen molar-refractivity contribution < 1.29 is 4.74 Å². The molecule has 5 nitrogen and oxygen atoms in total. The van der Waals surface area contributed by atoms with Crippen LogP contribution in [0.2, 0.25) is 0 Å². The van der Waals surface area contributed by atoms with Gasteiger partial charge in [-0.1, -0.05) is 31.5 Å². The van der Waals surface area contributed by atoms with E-state index in [0.717, 1.165) is 31.6 Å². The van der Waals surface area contributed by atoms with Gasteiger partial charge >= 0.3 is 0 Å². The summed E-state index contributed by atoms with van der Waals surface area (Å²) in [5.41, 5.74) is 2.57. The number of rotatable bonds is 8. The molecule has 0 radical (unpaired) electrons. The molecule has 1 aromatic carbocycles. The lowest BCUT2D eigenvalue weighted by Gasteiger charge is -2.08. The Morgan fingerprint density at radius 1 is 1.26 bits per heavy atom. The van der Waals surface area contributed by atoms with E-state index in [4.69, 9.17) is 10.6 Å². The second kappa shape index (κ2) is 10.2. The van der Waals surface area contributed by atoms with Crippen LogP contribution in [0.4, 0.5) is 0 Å².